The lowest BCUT2D eigenvalue weighted by atomic mass is 10.2. The number of hydrogen-bond acceptors (Lipinski definition) is 5. The van der Waals surface area contributed by atoms with Crippen LogP contribution in [0.5, 0.6) is 0 Å². The van der Waals surface area contributed by atoms with Crippen LogP contribution in [-0.4, -0.2) is 24.2 Å². The van der Waals surface area contributed by atoms with Crippen LogP contribution in [0.4, 0.5) is 5.82 Å². The van der Waals surface area contributed by atoms with Gasteiger partial charge in [0.25, 0.3) is 0 Å². The highest BCUT2D eigenvalue weighted by molar-refractivity contribution is 5.88. The van der Waals surface area contributed by atoms with Gasteiger partial charge in [0, 0.05) is 5.39 Å². The Morgan fingerprint density at radius 2 is 1.80 bits per heavy atom. The summed E-state index contributed by atoms with van der Waals surface area (Å²) in [4.78, 5) is 18.3. The van der Waals surface area contributed by atoms with Crippen molar-refractivity contribution in [2.24, 2.45) is 0 Å². The van der Waals surface area contributed by atoms with Gasteiger partial charge in [0.05, 0.1) is 19.7 Å². The highest BCUT2D eigenvalue weighted by Crippen LogP contribution is 2.22. The van der Waals surface area contributed by atoms with Crippen LogP contribution in [0.25, 0.3) is 10.9 Å². The SMILES string of the molecule is CON(OC)c1ncnc2ccccc12. The predicted molar refractivity (Wildman–Crippen MR) is 56.0 cm³/mol. The number of nitrogens with zero attached hydrogens (tertiary/aromatic N) is 3. The molecular formula is C10H11N3O2. The van der Waals surface area contributed by atoms with Gasteiger partial charge in [0.1, 0.15) is 6.33 Å². The summed E-state index contributed by atoms with van der Waals surface area (Å²) in [7, 11) is 3.03. The molecule has 0 aliphatic heterocycles. The number of anilines is 1. The van der Waals surface area contributed by atoms with Crippen molar-refractivity contribution in [1.82, 2.24) is 9.97 Å². The number of rotatable bonds is 3. The van der Waals surface area contributed by atoms with Crippen LogP contribution < -0.4 is 5.23 Å². The van der Waals surface area contributed by atoms with E-state index in [-0.39, 0.29) is 0 Å². The Morgan fingerprint density at radius 1 is 1.07 bits per heavy atom. The topological polar surface area (TPSA) is 47.5 Å². The molecule has 1 heterocycles. The Balaban J connectivity index is 2.59. The molecule has 0 unspecified atom stereocenters. The van der Waals surface area contributed by atoms with Crippen molar-refractivity contribution in [2.45, 2.75) is 0 Å². The molecule has 0 N–H and O–H groups in total. The van der Waals surface area contributed by atoms with Crippen molar-refractivity contribution in [1.29, 1.82) is 0 Å². The highest BCUT2D eigenvalue weighted by atomic mass is 16.9. The maximum atomic E-state index is 5.01. The summed E-state index contributed by atoms with van der Waals surface area (Å²) in [6.07, 6.45) is 1.47. The zero-order valence-electron chi connectivity index (χ0n) is 8.54. The molecule has 0 aliphatic carbocycles. The van der Waals surface area contributed by atoms with Crippen molar-refractivity contribution in [3.63, 3.8) is 0 Å². The molecule has 1 aromatic carbocycles. The van der Waals surface area contributed by atoms with Crippen LogP contribution in [0.3, 0.4) is 0 Å². The van der Waals surface area contributed by atoms with Gasteiger partial charge in [-0.3, -0.25) is 9.68 Å². The van der Waals surface area contributed by atoms with Crippen molar-refractivity contribution in [2.75, 3.05) is 19.4 Å². The van der Waals surface area contributed by atoms with Crippen LogP contribution in [0.1, 0.15) is 0 Å². The molecule has 0 saturated heterocycles. The summed E-state index contributed by atoms with van der Waals surface area (Å²) in [6.45, 7) is 0. The van der Waals surface area contributed by atoms with Gasteiger partial charge in [-0.15, -0.1) is 5.23 Å². The fourth-order valence-electron chi connectivity index (χ4n) is 1.38. The van der Waals surface area contributed by atoms with Crippen molar-refractivity contribution < 1.29 is 9.68 Å². The molecule has 0 aliphatic rings. The van der Waals surface area contributed by atoms with E-state index in [9.17, 15) is 0 Å². The fourth-order valence-corrected chi connectivity index (χ4v) is 1.38. The van der Waals surface area contributed by atoms with Gasteiger partial charge >= 0.3 is 0 Å². The van der Waals surface area contributed by atoms with E-state index in [2.05, 4.69) is 9.97 Å². The van der Waals surface area contributed by atoms with E-state index in [0.717, 1.165) is 10.9 Å². The molecule has 0 atom stereocenters. The largest absolute Gasteiger partial charge is 0.251 e. The summed E-state index contributed by atoms with van der Waals surface area (Å²) in [5.41, 5.74) is 0.849. The van der Waals surface area contributed by atoms with Crippen LogP contribution in [0.2, 0.25) is 0 Å². The van der Waals surface area contributed by atoms with Gasteiger partial charge in [0.15, 0.2) is 5.82 Å². The van der Waals surface area contributed by atoms with Crippen LogP contribution >= 0.6 is 0 Å². The van der Waals surface area contributed by atoms with Gasteiger partial charge in [-0.05, 0) is 12.1 Å². The molecular weight excluding hydrogens is 194 g/mol. The first-order valence-corrected chi connectivity index (χ1v) is 4.45. The molecule has 2 aromatic rings. The summed E-state index contributed by atoms with van der Waals surface area (Å²) >= 11 is 0. The molecule has 0 bridgehead atoms. The molecule has 2 rings (SSSR count). The minimum absolute atomic E-state index is 0.589. The third-order valence-electron chi connectivity index (χ3n) is 2.03. The first-order chi connectivity index (χ1) is 7.36. The first-order valence-electron chi connectivity index (χ1n) is 4.45. The molecule has 0 spiro atoms. The van der Waals surface area contributed by atoms with Crippen LogP contribution in [0.15, 0.2) is 30.6 Å². The minimum Gasteiger partial charge on any atom is -0.251 e. The molecule has 5 nitrogen and oxygen atoms in total. The standard InChI is InChI=1S/C10H11N3O2/c1-14-13(15-2)10-8-5-3-4-6-9(8)11-7-12-10/h3-7H,1-2H3. The number of aromatic nitrogens is 2. The van der Waals surface area contributed by atoms with Gasteiger partial charge in [0.2, 0.25) is 0 Å². The maximum Gasteiger partial charge on any atom is 0.194 e. The number of benzene rings is 1. The minimum atomic E-state index is 0.589. The van der Waals surface area contributed by atoms with E-state index in [1.165, 1.54) is 25.8 Å². The number of para-hydroxylation sites is 1. The lowest BCUT2D eigenvalue weighted by molar-refractivity contribution is -0.0444. The van der Waals surface area contributed by atoms with E-state index >= 15 is 0 Å². The Bertz CT molecular complexity index is 452. The Kier molecular flexibility index (Phi) is 2.75. The number of hydrogen-bond donors (Lipinski definition) is 0. The third kappa shape index (κ3) is 1.74. The Hall–Kier alpha value is -1.72. The van der Waals surface area contributed by atoms with Gasteiger partial charge < -0.3 is 0 Å². The molecule has 5 heteroatoms. The monoisotopic (exact) mass is 205 g/mol. The zero-order valence-corrected chi connectivity index (χ0v) is 8.54. The second-order valence-electron chi connectivity index (χ2n) is 2.84. The van der Waals surface area contributed by atoms with Crippen molar-refractivity contribution in [3.05, 3.63) is 30.6 Å². The smallest absolute Gasteiger partial charge is 0.194 e. The molecule has 1 aromatic heterocycles. The second-order valence-corrected chi connectivity index (χ2v) is 2.84. The maximum absolute atomic E-state index is 5.01. The first kappa shape index (κ1) is 9.82. The summed E-state index contributed by atoms with van der Waals surface area (Å²) < 4.78 is 0. The van der Waals surface area contributed by atoms with E-state index < -0.39 is 0 Å². The highest BCUT2D eigenvalue weighted by Gasteiger charge is 2.10. The average molecular weight is 205 g/mol. The summed E-state index contributed by atoms with van der Waals surface area (Å²) in [5, 5.41) is 2.12. The van der Waals surface area contributed by atoms with E-state index in [4.69, 9.17) is 9.68 Å². The lowest BCUT2D eigenvalue weighted by Crippen LogP contribution is -2.21. The quantitative estimate of drug-likeness (QED) is 0.711. The van der Waals surface area contributed by atoms with Gasteiger partial charge in [-0.25, -0.2) is 9.97 Å². The third-order valence-corrected chi connectivity index (χ3v) is 2.03. The van der Waals surface area contributed by atoms with E-state index in [1.54, 1.807) is 0 Å². The molecule has 0 amide bonds. The Labute approximate surface area is 87.2 Å². The van der Waals surface area contributed by atoms with Crippen LogP contribution in [-0.2, 0) is 9.68 Å². The number of fused-ring (bicyclic) bond motifs is 1. The van der Waals surface area contributed by atoms with Gasteiger partial charge in [-0.1, -0.05) is 12.1 Å². The predicted octanol–water partition coefficient (Wildman–Crippen LogP) is 1.56. The van der Waals surface area contributed by atoms with E-state index in [0.29, 0.717) is 5.82 Å². The molecule has 0 fully saturated rings. The average Bonchev–Trinajstić information content (AvgIpc) is 2.31. The van der Waals surface area contributed by atoms with Gasteiger partial charge in [-0.2, -0.15) is 0 Å². The normalized spacial score (nSPS) is 10.5. The van der Waals surface area contributed by atoms with Crippen molar-refractivity contribution in [3.8, 4) is 0 Å². The van der Waals surface area contributed by atoms with Crippen LogP contribution in [0, 0.1) is 0 Å². The summed E-state index contributed by atoms with van der Waals surface area (Å²) in [5.74, 6) is 0.589. The second kappa shape index (κ2) is 4.20. The summed E-state index contributed by atoms with van der Waals surface area (Å²) in [6, 6.07) is 7.65. The molecule has 0 saturated carbocycles. The zero-order chi connectivity index (χ0) is 10.7. The molecule has 15 heavy (non-hydrogen) atoms. The van der Waals surface area contributed by atoms with E-state index in [1.807, 2.05) is 24.3 Å². The Morgan fingerprint density at radius 3 is 2.53 bits per heavy atom. The fraction of sp³-hybridized carbons (Fsp3) is 0.200. The molecule has 0 radical (unpaired) electrons. The molecule has 78 valence electrons. The lowest BCUT2D eigenvalue weighted by Gasteiger charge is -2.17. The van der Waals surface area contributed by atoms with Crippen molar-refractivity contribution >= 4 is 16.7 Å².